The third kappa shape index (κ3) is 9.65. The van der Waals surface area contributed by atoms with Gasteiger partial charge < -0.3 is 35.4 Å². The summed E-state index contributed by atoms with van der Waals surface area (Å²) < 4.78 is 8.05. The number of carbonyl (C=O) groups excluding carboxylic acids is 6. The number of carbonyl (C=O) groups is 6. The molecule has 5 fully saturated rings. The van der Waals surface area contributed by atoms with Crippen LogP contribution in [0.5, 0.6) is 11.5 Å². The average molecular weight is 980 g/mol. The van der Waals surface area contributed by atoms with Crippen molar-refractivity contribution in [2.45, 2.75) is 69.9 Å². The van der Waals surface area contributed by atoms with Crippen LogP contribution in [-0.4, -0.2) is 161 Å². The Bertz CT molecular complexity index is 2700. The summed E-state index contributed by atoms with van der Waals surface area (Å²) in [5.74, 6) is 1.26. The predicted molar refractivity (Wildman–Crippen MR) is 270 cm³/mol. The van der Waals surface area contributed by atoms with Gasteiger partial charge in [-0.2, -0.15) is 5.10 Å². The number of para-hydroxylation sites is 1. The molecule has 378 valence electrons. The normalized spacial score (nSPS) is 22.9. The summed E-state index contributed by atoms with van der Waals surface area (Å²) in [6.07, 6.45) is 7.34. The number of anilines is 2. The minimum atomic E-state index is -0.978. The molecule has 18 nitrogen and oxygen atoms in total. The van der Waals surface area contributed by atoms with E-state index in [2.05, 4.69) is 35.1 Å². The molecule has 4 N–H and O–H groups in total. The van der Waals surface area contributed by atoms with Crippen LogP contribution in [0.4, 0.5) is 16.3 Å². The molecular weight excluding hydrogens is 915 g/mol. The molecular formula is C54H65N11O7. The van der Waals surface area contributed by atoms with Crippen molar-refractivity contribution in [2.75, 3.05) is 95.3 Å². The van der Waals surface area contributed by atoms with Gasteiger partial charge in [0.2, 0.25) is 11.8 Å². The van der Waals surface area contributed by atoms with Crippen LogP contribution >= 0.6 is 0 Å². The quantitative estimate of drug-likeness (QED) is 0.165. The van der Waals surface area contributed by atoms with E-state index in [0.29, 0.717) is 45.9 Å². The van der Waals surface area contributed by atoms with Crippen LogP contribution in [0.25, 0.3) is 11.3 Å². The smallest absolute Gasteiger partial charge is 0.319 e. The zero-order valence-electron chi connectivity index (χ0n) is 40.9. The number of hydrogen-bond donors (Lipinski definition) is 3. The Kier molecular flexibility index (Phi) is 13.5. The van der Waals surface area contributed by atoms with Crippen LogP contribution in [0.1, 0.15) is 94.9 Å². The maximum Gasteiger partial charge on any atom is 0.319 e. The Morgan fingerprint density at radius 2 is 1.29 bits per heavy atom. The van der Waals surface area contributed by atoms with Crippen molar-refractivity contribution in [3.05, 3.63) is 89.5 Å². The number of piperidine rings is 4. The highest BCUT2D eigenvalue weighted by atomic mass is 16.5. The molecule has 1 unspecified atom stereocenters. The molecule has 1 aromatic heterocycles. The lowest BCUT2D eigenvalue weighted by Gasteiger charge is -2.42. The number of rotatable bonds is 11. The topological polar surface area (TPSA) is 199 Å². The SMILES string of the molecule is NC(=O)c1c(-c2ccc(Oc3ccccc3)cc2)nn2c1NCC[C@H]2C1CCN(CC2CCN(C(=O)N3CCC(CN4CCN(c5ccc6c(c5)C(=O)N(C5CCC(=O)NC5=O)C6=O)CC4)CC3)CC2)CC1. The van der Waals surface area contributed by atoms with Crippen LogP contribution in [0, 0.1) is 17.8 Å². The van der Waals surface area contributed by atoms with Crippen LogP contribution in [0.3, 0.4) is 0 Å². The number of aromatic nitrogens is 2. The lowest BCUT2D eigenvalue weighted by atomic mass is 9.86. The van der Waals surface area contributed by atoms with Gasteiger partial charge in [0.1, 0.15) is 34.6 Å². The van der Waals surface area contributed by atoms with E-state index in [4.69, 9.17) is 15.6 Å². The van der Waals surface area contributed by atoms with Gasteiger partial charge in [-0.1, -0.05) is 18.2 Å². The molecule has 72 heavy (non-hydrogen) atoms. The molecule has 8 heterocycles. The number of nitrogens with one attached hydrogen (secondary N) is 2. The number of imide groups is 2. The Hall–Kier alpha value is -6.79. The number of urea groups is 1. The van der Waals surface area contributed by atoms with Crippen LogP contribution < -0.4 is 26.0 Å². The number of primary amides is 1. The average Bonchev–Trinajstić information content (AvgIpc) is 3.92. The molecule has 18 heteroatoms. The molecule has 7 aliphatic rings. The molecule has 3 aromatic carbocycles. The highest BCUT2D eigenvalue weighted by Gasteiger charge is 2.45. The zero-order chi connectivity index (χ0) is 49.5. The fraction of sp³-hybridized carbons (Fsp3) is 0.500. The molecule has 0 bridgehead atoms. The molecule has 0 spiro atoms. The van der Waals surface area contributed by atoms with Gasteiger partial charge in [0, 0.05) is 89.7 Å². The fourth-order valence-corrected chi connectivity index (χ4v) is 12.4. The standard InChI is InChI=1S/C54H65N11O7/c55-49(67)47-48(38-6-9-41(10-7-38)72-40-4-2-1-3-5-40)58-65-44(14-21-56-50(47)65)37-19-22-59(23-20-37)33-35-15-24-62(25-16-35)54(71)63-26-17-36(18-27-63)34-60-28-30-61(31-29-60)39-8-11-42-43(32-39)53(70)64(52(42)69)45-12-13-46(66)57-51(45)68/h1-11,32,35-37,44-45,56H,12-31,33-34H2,(H2,55,67)(H,57,66,68)/t44-,45?/m0/s1. The van der Waals surface area contributed by atoms with Crippen molar-refractivity contribution in [2.24, 2.45) is 23.5 Å². The van der Waals surface area contributed by atoms with E-state index in [0.717, 1.165) is 158 Å². The van der Waals surface area contributed by atoms with Crippen molar-refractivity contribution < 1.29 is 33.5 Å². The first-order chi connectivity index (χ1) is 35.0. The van der Waals surface area contributed by atoms with Crippen LogP contribution in [0.2, 0.25) is 0 Å². The van der Waals surface area contributed by atoms with Crippen molar-refractivity contribution in [1.29, 1.82) is 0 Å². The molecule has 11 rings (SSSR count). The van der Waals surface area contributed by atoms with Gasteiger partial charge in [0.05, 0.1) is 17.2 Å². The number of fused-ring (bicyclic) bond motifs is 2. The minimum absolute atomic E-state index is 0.0895. The Balaban J connectivity index is 0.601. The first-order valence-corrected chi connectivity index (χ1v) is 26.1. The number of piperazine rings is 1. The summed E-state index contributed by atoms with van der Waals surface area (Å²) in [5.41, 5.74) is 9.35. The van der Waals surface area contributed by atoms with Gasteiger partial charge in [0.15, 0.2) is 0 Å². The minimum Gasteiger partial charge on any atom is -0.457 e. The summed E-state index contributed by atoms with van der Waals surface area (Å²) in [7, 11) is 0. The predicted octanol–water partition coefficient (Wildman–Crippen LogP) is 5.28. The summed E-state index contributed by atoms with van der Waals surface area (Å²) in [6, 6.07) is 22.0. The third-order valence-corrected chi connectivity index (χ3v) is 16.5. The monoisotopic (exact) mass is 980 g/mol. The second kappa shape index (κ2) is 20.4. The first kappa shape index (κ1) is 47.5. The Labute approximate surface area is 419 Å². The van der Waals surface area contributed by atoms with Gasteiger partial charge in [-0.25, -0.2) is 9.48 Å². The van der Waals surface area contributed by atoms with E-state index in [9.17, 15) is 28.8 Å². The number of nitrogens with zero attached hydrogens (tertiary/aromatic N) is 8. The third-order valence-electron chi connectivity index (χ3n) is 16.5. The zero-order valence-corrected chi connectivity index (χ0v) is 40.9. The van der Waals surface area contributed by atoms with Gasteiger partial charge >= 0.3 is 6.03 Å². The van der Waals surface area contributed by atoms with E-state index in [1.165, 1.54) is 0 Å². The van der Waals surface area contributed by atoms with E-state index >= 15 is 0 Å². The number of ether oxygens (including phenoxy) is 1. The molecule has 7 amide bonds. The maximum atomic E-state index is 13.8. The van der Waals surface area contributed by atoms with Crippen LogP contribution in [0.15, 0.2) is 72.8 Å². The number of benzene rings is 3. The fourth-order valence-electron chi connectivity index (χ4n) is 12.4. The van der Waals surface area contributed by atoms with Gasteiger partial charge in [-0.3, -0.25) is 39.1 Å². The van der Waals surface area contributed by atoms with E-state index in [-0.39, 0.29) is 24.9 Å². The summed E-state index contributed by atoms with van der Waals surface area (Å²) in [5, 5.41) is 10.8. The molecule has 0 radical (unpaired) electrons. The van der Waals surface area contributed by atoms with E-state index in [1.54, 1.807) is 12.1 Å². The molecule has 4 aromatic rings. The summed E-state index contributed by atoms with van der Waals surface area (Å²) in [4.78, 5) is 89.9. The van der Waals surface area contributed by atoms with Crippen molar-refractivity contribution in [1.82, 2.24) is 39.6 Å². The highest BCUT2D eigenvalue weighted by molar-refractivity contribution is 6.23. The molecule has 2 atom stereocenters. The molecule has 7 aliphatic heterocycles. The molecule has 0 saturated carbocycles. The number of likely N-dealkylation sites (tertiary alicyclic amines) is 3. The lowest BCUT2D eigenvalue weighted by molar-refractivity contribution is -0.136. The largest absolute Gasteiger partial charge is 0.457 e. The van der Waals surface area contributed by atoms with Crippen molar-refractivity contribution >= 4 is 47.1 Å². The molecule has 0 aliphatic carbocycles. The van der Waals surface area contributed by atoms with Crippen LogP contribution in [-0.2, 0) is 9.59 Å². The van der Waals surface area contributed by atoms with E-state index in [1.807, 2.05) is 65.3 Å². The Morgan fingerprint density at radius 1 is 0.667 bits per heavy atom. The second-order valence-corrected chi connectivity index (χ2v) is 20.8. The second-order valence-electron chi connectivity index (χ2n) is 20.8. The van der Waals surface area contributed by atoms with Crippen molar-refractivity contribution in [3.8, 4) is 22.8 Å². The summed E-state index contributed by atoms with van der Waals surface area (Å²) in [6.45, 7) is 11.4. The van der Waals surface area contributed by atoms with Gasteiger partial charge in [0.25, 0.3) is 17.7 Å². The maximum absolute atomic E-state index is 13.8. The van der Waals surface area contributed by atoms with Gasteiger partial charge in [-0.05, 0) is 137 Å². The number of hydrogen-bond acceptors (Lipinski definition) is 12. The highest BCUT2D eigenvalue weighted by Crippen LogP contribution is 2.41. The number of amides is 7. The first-order valence-electron chi connectivity index (χ1n) is 26.1. The summed E-state index contributed by atoms with van der Waals surface area (Å²) >= 11 is 0. The Morgan fingerprint density at radius 3 is 1.93 bits per heavy atom. The van der Waals surface area contributed by atoms with Gasteiger partial charge in [-0.15, -0.1) is 0 Å². The lowest BCUT2D eigenvalue weighted by Crippen LogP contribution is -2.54. The number of nitrogens with two attached hydrogens (primary N) is 1. The molecule has 5 saturated heterocycles. The van der Waals surface area contributed by atoms with E-state index < -0.39 is 35.6 Å². The van der Waals surface area contributed by atoms with Crippen molar-refractivity contribution in [3.63, 3.8) is 0 Å².